The lowest BCUT2D eigenvalue weighted by Gasteiger charge is -2.29. The van der Waals surface area contributed by atoms with E-state index in [1.165, 1.54) is 16.8 Å². The number of nitrogens with zero attached hydrogens (tertiary/aromatic N) is 1. The van der Waals surface area contributed by atoms with Gasteiger partial charge in [0.15, 0.2) is 0 Å². The minimum absolute atomic E-state index is 0.190. The molecule has 1 aromatic carbocycles. The highest BCUT2D eigenvalue weighted by Crippen LogP contribution is 2.34. The van der Waals surface area contributed by atoms with Crippen LogP contribution in [0.4, 0.5) is 5.69 Å². The molecule has 1 nitrogen and oxygen atoms in total. The third-order valence-corrected chi connectivity index (χ3v) is 3.15. The average Bonchev–Trinajstić information content (AvgIpc) is 2.14. The van der Waals surface area contributed by atoms with E-state index in [4.69, 9.17) is 0 Å². The van der Waals surface area contributed by atoms with Crippen LogP contribution in [0.3, 0.4) is 0 Å². The van der Waals surface area contributed by atoms with E-state index in [0.29, 0.717) is 0 Å². The van der Waals surface area contributed by atoms with Crippen molar-refractivity contribution in [3.05, 3.63) is 29.3 Å². The summed E-state index contributed by atoms with van der Waals surface area (Å²) in [6, 6.07) is 6.89. The number of hydrogen-bond acceptors (Lipinski definition) is 1. The SMILES string of the molecule is CN(C)c1cc(C(C)(C)C)ccc1C(C)(C)C. The van der Waals surface area contributed by atoms with E-state index in [2.05, 4.69) is 78.7 Å². The molecule has 0 heterocycles. The summed E-state index contributed by atoms with van der Waals surface area (Å²) in [7, 11) is 4.24. The molecule has 0 atom stereocenters. The van der Waals surface area contributed by atoms with Crippen molar-refractivity contribution in [3.63, 3.8) is 0 Å². The van der Waals surface area contributed by atoms with Crippen LogP contribution >= 0.6 is 0 Å². The van der Waals surface area contributed by atoms with Crippen molar-refractivity contribution in [1.29, 1.82) is 0 Å². The Balaban J connectivity index is 3.38. The van der Waals surface area contributed by atoms with E-state index in [1.807, 2.05) is 0 Å². The van der Waals surface area contributed by atoms with Crippen LogP contribution in [0.5, 0.6) is 0 Å². The van der Waals surface area contributed by atoms with Crippen molar-refractivity contribution >= 4 is 5.69 Å². The molecule has 0 unspecified atom stereocenters. The van der Waals surface area contributed by atoms with Crippen molar-refractivity contribution in [2.24, 2.45) is 0 Å². The van der Waals surface area contributed by atoms with Crippen molar-refractivity contribution in [2.75, 3.05) is 19.0 Å². The zero-order chi connectivity index (χ0) is 13.4. The van der Waals surface area contributed by atoms with Gasteiger partial charge < -0.3 is 4.90 Å². The summed E-state index contributed by atoms with van der Waals surface area (Å²) in [4.78, 5) is 2.22. The molecule has 0 fully saturated rings. The summed E-state index contributed by atoms with van der Waals surface area (Å²) in [5.74, 6) is 0. The van der Waals surface area contributed by atoms with E-state index in [0.717, 1.165) is 0 Å². The van der Waals surface area contributed by atoms with Crippen LogP contribution in [0.2, 0.25) is 0 Å². The molecule has 0 aliphatic rings. The van der Waals surface area contributed by atoms with Crippen LogP contribution in [0, 0.1) is 0 Å². The maximum atomic E-state index is 2.33. The molecular formula is C16H27N. The van der Waals surface area contributed by atoms with Gasteiger partial charge in [0.2, 0.25) is 0 Å². The van der Waals surface area contributed by atoms with Crippen LogP contribution in [-0.2, 0) is 10.8 Å². The molecule has 0 aromatic heterocycles. The van der Waals surface area contributed by atoms with E-state index < -0.39 is 0 Å². The summed E-state index contributed by atoms with van der Waals surface area (Å²) in [6.45, 7) is 13.6. The zero-order valence-electron chi connectivity index (χ0n) is 12.7. The summed E-state index contributed by atoms with van der Waals surface area (Å²) < 4.78 is 0. The van der Waals surface area contributed by atoms with Gasteiger partial charge in [0.1, 0.15) is 0 Å². The van der Waals surface area contributed by atoms with Gasteiger partial charge in [0.25, 0.3) is 0 Å². The van der Waals surface area contributed by atoms with Gasteiger partial charge in [-0.25, -0.2) is 0 Å². The minimum Gasteiger partial charge on any atom is -0.377 e. The van der Waals surface area contributed by atoms with Gasteiger partial charge in [-0.1, -0.05) is 53.7 Å². The Labute approximate surface area is 107 Å². The van der Waals surface area contributed by atoms with E-state index in [1.54, 1.807) is 0 Å². The van der Waals surface area contributed by atoms with Crippen LogP contribution in [-0.4, -0.2) is 14.1 Å². The predicted molar refractivity (Wildman–Crippen MR) is 78.2 cm³/mol. The highest BCUT2D eigenvalue weighted by Gasteiger charge is 2.22. The Hall–Kier alpha value is -0.980. The van der Waals surface area contributed by atoms with E-state index in [-0.39, 0.29) is 10.8 Å². The van der Waals surface area contributed by atoms with Crippen molar-refractivity contribution in [3.8, 4) is 0 Å². The molecule has 96 valence electrons. The molecule has 0 saturated heterocycles. The fourth-order valence-corrected chi connectivity index (χ4v) is 2.00. The Kier molecular flexibility index (Phi) is 3.61. The summed E-state index contributed by atoms with van der Waals surface area (Å²) in [6.07, 6.45) is 0. The van der Waals surface area contributed by atoms with Gasteiger partial charge in [-0.15, -0.1) is 0 Å². The molecule has 0 N–H and O–H groups in total. The van der Waals surface area contributed by atoms with Gasteiger partial charge >= 0.3 is 0 Å². The lowest BCUT2D eigenvalue weighted by atomic mass is 9.81. The molecule has 0 aliphatic heterocycles. The first-order chi connectivity index (χ1) is 7.53. The number of rotatable bonds is 1. The molecule has 0 bridgehead atoms. The number of hydrogen-bond donors (Lipinski definition) is 0. The molecule has 1 rings (SSSR count). The molecule has 17 heavy (non-hydrogen) atoms. The van der Waals surface area contributed by atoms with E-state index in [9.17, 15) is 0 Å². The van der Waals surface area contributed by atoms with Gasteiger partial charge in [0.05, 0.1) is 0 Å². The van der Waals surface area contributed by atoms with Crippen molar-refractivity contribution in [2.45, 2.75) is 52.4 Å². The molecule has 0 aliphatic carbocycles. The molecule has 1 heteroatoms. The molecule has 1 aromatic rings. The summed E-state index contributed by atoms with van der Waals surface area (Å²) in [5.41, 5.74) is 4.55. The monoisotopic (exact) mass is 233 g/mol. The second kappa shape index (κ2) is 4.36. The topological polar surface area (TPSA) is 3.24 Å². The molecular weight excluding hydrogens is 206 g/mol. The Morgan fingerprint density at radius 2 is 1.35 bits per heavy atom. The molecule has 0 radical (unpaired) electrons. The minimum atomic E-state index is 0.190. The zero-order valence-corrected chi connectivity index (χ0v) is 12.7. The smallest absolute Gasteiger partial charge is 0.0401 e. The molecule has 0 saturated carbocycles. The third kappa shape index (κ3) is 3.24. The highest BCUT2D eigenvalue weighted by atomic mass is 15.1. The standard InChI is InChI=1S/C16H27N/c1-15(2,3)12-9-10-13(16(4,5)6)14(11-12)17(7)8/h9-11H,1-8H3. The van der Waals surface area contributed by atoms with Gasteiger partial charge in [0, 0.05) is 19.8 Å². The third-order valence-electron chi connectivity index (χ3n) is 3.15. The van der Waals surface area contributed by atoms with Crippen molar-refractivity contribution in [1.82, 2.24) is 0 Å². The second-order valence-corrected chi connectivity index (χ2v) is 7.13. The normalized spacial score (nSPS) is 12.7. The average molecular weight is 233 g/mol. The largest absolute Gasteiger partial charge is 0.377 e. The lowest BCUT2D eigenvalue weighted by Crippen LogP contribution is -2.21. The summed E-state index contributed by atoms with van der Waals surface area (Å²) >= 11 is 0. The first-order valence-electron chi connectivity index (χ1n) is 6.36. The van der Waals surface area contributed by atoms with Crippen LogP contribution < -0.4 is 4.90 Å². The summed E-state index contributed by atoms with van der Waals surface area (Å²) in [5, 5.41) is 0. The van der Waals surface area contributed by atoms with Crippen LogP contribution in [0.25, 0.3) is 0 Å². The first-order valence-corrected chi connectivity index (χ1v) is 6.36. The fourth-order valence-electron chi connectivity index (χ4n) is 2.00. The van der Waals surface area contributed by atoms with E-state index >= 15 is 0 Å². The Bertz CT molecular complexity index is 389. The number of anilines is 1. The maximum absolute atomic E-state index is 2.33. The fraction of sp³-hybridized carbons (Fsp3) is 0.625. The quantitative estimate of drug-likeness (QED) is 0.697. The van der Waals surface area contributed by atoms with Crippen molar-refractivity contribution < 1.29 is 0 Å². The Morgan fingerprint density at radius 3 is 1.71 bits per heavy atom. The maximum Gasteiger partial charge on any atom is 0.0401 e. The molecule has 0 amide bonds. The first kappa shape index (κ1) is 14.1. The second-order valence-electron chi connectivity index (χ2n) is 7.13. The van der Waals surface area contributed by atoms with Gasteiger partial charge in [-0.2, -0.15) is 0 Å². The molecule has 0 spiro atoms. The van der Waals surface area contributed by atoms with Gasteiger partial charge in [-0.05, 0) is 28.0 Å². The number of benzene rings is 1. The van der Waals surface area contributed by atoms with Crippen LogP contribution in [0.15, 0.2) is 18.2 Å². The van der Waals surface area contributed by atoms with Crippen LogP contribution in [0.1, 0.15) is 52.7 Å². The van der Waals surface area contributed by atoms with Gasteiger partial charge in [-0.3, -0.25) is 0 Å². The predicted octanol–water partition coefficient (Wildman–Crippen LogP) is 4.35. The highest BCUT2D eigenvalue weighted by molar-refractivity contribution is 5.58. The Morgan fingerprint density at radius 1 is 0.824 bits per heavy atom. The lowest BCUT2D eigenvalue weighted by molar-refractivity contribution is 0.576.